The minimum absolute atomic E-state index is 0.0459. The Kier molecular flexibility index (Phi) is 5.73. The highest BCUT2D eigenvalue weighted by Gasteiger charge is 2.26. The minimum Gasteiger partial charge on any atom is -0.343 e. The first kappa shape index (κ1) is 17.9. The number of hydrazine groups is 1. The van der Waals surface area contributed by atoms with Crippen molar-refractivity contribution in [3.05, 3.63) is 21.4 Å². The largest absolute Gasteiger partial charge is 0.343 e. The average Bonchev–Trinajstić information content (AvgIpc) is 2.90. The second kappa shape index (κ2) is 7.99. The molecule has 0 spiro atoms. The molecule has 3 amide bonds. The van der Waals surface area contributed by atoms with Crippen LogP contribution in [0.5, 0.6) is 0 Å². The zero-order valence-corrected chi connectivity index (χ0v) is 15.4. The quantitative estimate of drug-likeness (QED) is 0.623. The third-order valence-electron chi connectivity index (χ3n) is 5.08. The van der Waals surface area contributed by atoms with E-state index in [1.54, 1.807) is 23.2 Å². The molecule has 0 bridgehead atoms. The van der Waals surface area contributed by atoms with Gasteiger partial charge in [0.15, 0.2) is 0 Å². The molecule has 2 aliphatic rings. The summed E-state index contributed by atoms with van der Waals surface area (Å²) in [5.74, 6) is -0.525. The van der Waals surface area contributed by atoms with Crippen molar-refractivity contribution in [1.82, 2.24) is 15.8 Å². The van der Waals surface area contributed by atoms with Crippen LogP contribution in [0.4, 0.5) is 0 Å². The van der Waals surface area contributed by atoms with Crippen LogP contribution >= 0.6 is 11.3 Å². The Morgan fingerprint density at radius 2 is 1.80 bits per heavy atom. The Hall–Kier alpha value is -1.89. The predicted molar refractivity (Wildman–Crippen MR) is 96.2 cm³/mol. The van der Waals surface area contributed by atoms with Crippen molar-refractivity contribution < 1.29 is 14.4 Å². The molecular weight excluding hydrogens is 338 g/mol. The number of piperidine rings is 1. The molecule has 1 aliphatic heterocycles. The van der Waals surface area contributed by atoms with Gasteiger partial charge in [-0.05, 0) is 50.2 Å². The van der Waals surface area contributed by atoms with Crippen molar-refractivity contribution in [3.63, 3.8) is 0 Å². The number of aryl methyl sites for hydroxylation is 2. The highest BCUT2D eigenvalue weighted by molar-refractivity contribution is 7.14. The van der Waals surface area contributed by atoms with E-state index in [0.717, 1.165) is 12.8 Å². The van der Waals surface area contributed by atoms with Crippen molar-refractivity contribution in [1.29, 1.82) is 0 Å². The fourth-order valence-electron chi connectivity index (χ4n) is 3.52. The molecule has 6 nitrogen and oxygen atoms in total. The van der Waals surface area contributed by atoms with E-state index in [0.29, 0.717) is 30.8 Å². The van der Waals surface area contributed by atoms with E-state index in [-0.39, 0.29) is 23.6 Å². The summed E-state index contributed by atoms with van der Waals surface area (Å²) >= 11 is 1.54. The van der Waals surface area contributed by atoms with Gasteiger partial charge in [0.2, 0.25) is 11.8 Å². The number of nitrogens with one attached hydrogen (secondary N) is 2. The standard InChI is InChI=1S/C18H25N3O3S/c1-12(22)21-9-7-13(8-10-21)17(23)19-20-18(24)16-11-14-5-3-2-4-6-15(14)25-16/h11,13H,2-10H2,1H3,(H,19,23)(H,20,24). The molecule has 0 saturated carbocycles. The van der Waals surface area contributed by atoms with E-state index >= 15 is 0 Å². The molecule has 1 aliphatic carbocycles. The Balaban J connectivity index is 1.49. The summed E-state index contributed by atoms with van der Waals surface area (Å²) in [6.45, 7) is 2.74. The van der Waals surface area contributed by atoms with Gasteiger partial charge >= 0.3 is 0 Å². The van der Waals surface area contributed by atoms with Gasteiger partial charge in [0.25, 0.3) is 5.91 Å². The van der Waals surface area contributed by atoms with Crippen LogP contribution in [0.1, 0.15) is 59.1 Å². The van der Waals surface area contributed by atoms with E-state index in [1.807, 2.05) is 6.07 Å². The van der Waals surface area contributed by atoms with Crippen LogP contribution in [0.25, 0.3) is 0 Å². The first-order valence-corrected chi connectivity index (χ1v) is 9.83. The van der Waals surface area contributed by atoms with Crippen LogP contribution in [0.3, 0.4) is 0 Å². The van der Waals surface area contributed by atoms with Crippen LogP contribution < -0.4 is 10.9 Å². The maximum absolute atomic E-state index is 12.3. The number of hydrogen-bond acceptors (Lipinski definition) is 4. The fraction of sp³-hybridized carbons (Fsp3) is 0.611. The maximum Gasteiger partial charge on any atom is 0.279 e. The molecule has 0 unspecified atom stereocenters. The number of fused-ring (bicyclic) bond motifs is 1. The Labute approximate surface area is 151 Å². The van der Waals surface area contributed by atoms with Crippen molar-refractivity contribution in [2.45, 2.75) is 51.9 Å². The van der Waals surface area contributed by atoms with E-state index in [2.05, 4.69) is 10.9 Å². The summed E-state index contributed by atoms with van der Waals surface area (Å²) in [5.41, 5.74) is 6.39. The molecule has 2 N–H and O–H groups in total. The lowest BCUT2D eigenvalue weighted by molar-refractivity contribution is -0.134. The number of amides is 3. The smallest absolute Gasteiger partial charge is 0.279 e. The van der Waals surface area contributed by atoms with E-state index < -0.39 is 0 Å². The van der Waals surface area contributed by atoms with Crippen molar-refractivity contribution in [2.75, 3.05) is 13.1 Å². The lowest BCUT2D eigenvalue weighted by Gasteiger charge is -2.30. The summed E-state index contributed by atoms with van der Waals surface area (Å²) in [4.78, 5) is 39.6. The topological polar surface area (TPSA) is 78.5 Å². The Morgan fingerprint density at radius 3 is 2.52 bits per heavy atom. The third kappa shape index (κ3) is 4.39. The molecule has 1 aromatic heterocycles. The van der Waals surface area contributed by atoms with Crippen LogP contribution in [-0.4, -0.2) is 35.7 Å². The number of nitrogens with zero attached hydrogens (tertiary/aromatic N) is 1. The Morgan fingerprint density at radius 1 is 1.08 bits per heavy atom. The molecule has 1 fully saturated rings. The van der Waals surface area contributed by atoms with Gasteiger partial charge in [-0.25, -0.2) is 0 Å². The van der Waals surface area contributed by atoms with E-state index in [9.17, 15) is 14.4 Å². The first-order chi connectivity index (χ1) is 12.0. The van der Waals surface area contributed by atoms with Crippen molar-refractivity contribution in [2.24, 2.45) is 5.92 Å². The van der Waals surface area contributed by atoms with Crippen LogP contribution in [0.2, 0.25) is 0 Å². The number of carbonyl (C=O) groups is 3. The van der Waals surface area contributed by atoms with E-state index in [4.69, 9.17) is 0 Å². The maximum atomic E-state index is 12.3. The van der Waals surface area contributed by atoms with Gasteiger partial charge in [0.05, 0.1) is 4.88 Å². The van der Waals surface area contributed by atoms with E-state index in [1.165, 1.54) is 29.7 Å². The first-order valence-electron chi connectivity index (χ1n) is 9.02. The van der Waals surface area contributed by atoms with Gasteiger partial charge < -0.3 is 4.90 Å². The summed E-state index contributed by atoms with van der Waals surface area (Å²) in [7, 11) is 0. The lowest BCUT2D eigenvalue weighted by Crippen LogP contribution is -2.47. The molecule has 0 atom stereocenters. The second-order valence-electron chi connectivity index (χ2n) is 6.84. The lowest BCUT2D eigenvalue weighted by atomic mass is 9.96. The molecule has 2 heterocycles. The van der Waals surface area contributed by atoms with Crippen LogP contribution in [0.15, 0.2) is 6.07 Å². The van der Waals surface area contributed by atoms with Crippen molar-refractivity contribution in [3.8, 4) is 0 Å². The highest BCUT2D eigenvalue weighted by Crippen LogP contribution is 2.28. The zero-order valence-electron chi connectivity index (χ0n) is 14.6. The summed E-state index contributed by atoms with van der Waals surface area (Å²) in [5, 5.41) is 0. The third-order valence-corrected chi connectivity index (χ3v) is 6.32. The monoisotopic (exact) mass is 363 g/mol. The number of likely N-dealkylation sites (tertiary alicyclic amines) is 1. The Bertz CT molecular complexity index is 639. The number of rotatable bonds is 2. The molecule has 3 rings (SSSR count). The van der Waals surface area contributed by atoms with Gasteiger partial charge in [-0.3, -0.25) is 25.2 Å². The second-order valence-corrected chi connectivity index (χ2v) is 7.98. The minimum atomic E-state index is -0.243. The molecule has 7 heteroatoms. The van der Waals surface area contributed by atoms with Gasteiger partial charge in [-0.2, -0.15) is 0 Å². The normalized spacial score (nSPS) is 18.2. The SMILES string of the molecule is CC(=O)N1CCC(C(=O)NNC(=O)c2cc3c(s2)CCCCC3)CC1. The number of carbonyl (C=O) groups excluding carboxylic acids is 3. The molecular formula is C18H25N3O3S. The molecule has 0 aromatic carbocycles. The van der Waals surface area contributed by atoms with Crippen molar-refractivity contribution >= 4 is 29.1 Å². The van der Waals surface area contributed by atoms with Crippen LogP contribution in [0, 0.1) is 5.92 Å². The zero-order chi connectivity index (χ0) is 17.8. The average molecular weight is 363 g/mol. The molecule has 25 heavy (non-hydrogen) atoms. The van der Waals surface area contributed by atoms with Gasteiger partial charge in [0, 0.05) is 30.8 Å². The molecule has 136 valence electrons. The molecule has 0 radical (unpaired) electrons. The summed E-state index contributed by atoms with van der Waals surface area (Å²) in [6, 6.07) is 1.97. The number of hydrogen-bond donors (Lipinski definition) is 2. The highest BCUT2D eigenvalue weighted by atomic mass is 32.1. The van der Waals surface area contributed by atoms with Gasteiger partial charge in [-0.1, -0.05) is 6.42 Å². The summed E-state index contributed by atoms with van der Waals surface area (Å²) < 4.78 is 0. The van der Waals surface area contributed by atoms with Gasteiger partial charge in [-0.15, -0.1) is 11.3 Å². The fourth-order valence-corrected chi connectivity index (χ4v) is 4.67. The number of thiophene rings is 1. The predicted octanol–water partition coefficient (Wildman–Crippen LogP) is 2.04. The molecule has 1 aromatic rings. The molecule has 1 saturated heterocycles. The summed E-state index contributed by atoms with van der Waals surface area (Å²) in [6.07, 6.45) is 6.98. The van der Waals surface area contributed by atoms with Gasteiger partial charge in [0.1, 0.15) is 0 Å². The van der Waals surface area contributed by atoms with Crippen LogP contribution in [-0.2, 0) is 22.4 Å².